The number of hydrogen-bond donors (Lipinski definition) is 1. The lowest BCUT2D eigenvalue weighted by Gasteiger charge is -2.25. The molecule has 0 spiro atoms. The molecule has 1 aromatic carbocycles. The van der Waals surface area contributed by atoms with E-state index in [9.17, 15) is 5.11 Å². The molecule has 0 saturated carbocycles. The van der Waals surface area contributed by atoms with Crippen LogP contribution in [-0.2, 0) is 0 Å². The first kappa shape index (κ1) is 11.7. The number of fused-ring (bicyclic) bond motifs is 1. The van der Waals surface area contributed by atoms with Crippen LogP contribution in [0.3, 0.4) is 0 Å². The maximum atomic E-state index is 9.63. The van der Waals surface area contributed by atoms with Gasteiger partial charge in [0.1, 0.15) is 5.52 Å². The van der Waals surface area contributed by atoms with E-state index in [0.29, 0.717) is 5.89 Å². The molecule has 1 fully saturated rings. The second-order valence-corrected chi connectivity index (χ2v) is 4.90. The van der Waals surface area contributed by atoms with E-state index in [4.69, 9.17) is 4.42 Å². The van der Waals surface area contributed by atoms with Crippen LogP contribution in [0.1, 0.15) is 30.3 Å². The number of aromatic nitrogens is 1. The number of rotatable bonds is 3. The van der Waals surface area contributed by atoms with Gasteiger partial charge in [-0.2, -0.15) is 0 Å². The Hall–Kier alpha value is -1.39. The third-order valence-corrected chi connectivity index (χ3v) is 3.66. The van der Waals surface area contributed by atoms with Crippen molar-refractivity contribution in [1.29, 1.82) is 0 Å². The molecule has 1 N–H and O–H groups in total. The summed E-state index contributed by atoms with van der Waals surface area (Å²) < 4.78 is 5.55. The summed E-state index contributed by atoms with van der Waals surface area (Å²) in [6, 6.07) is 6.11. The van der Waals surface area contributed by atoms with E-state index in [1.165, 1.54) is 12.8 Å². The largest absolute Gasteiger partial charge is 0.441 e. The van der Waals surface area contributed by atoms with Crippen molar-refractivity contribution in [3.8, 4) is 0 Å². The van der Waals surface area contributed by atoms with E-state index < -0.39 is 0 Å². The van der Waals surface area contributed by atoms with E-state index in [1.807, 2.05) is 25.1 Å². The predicted octanol–water partition coefficient (Wildman–Crippen LogP) is 2.27. The van der Waals surface area contributed by atoms with Gasteiger partial charge >= 0.3 is 0 Å². The first-order valence-electron chi connectivity index (χ1n) is 6.50. The van der Waals surface area contributed by atoms with Crippen LogP contribution in [0.2, 0.25) is 0 Å². The molecule has 1 aliphatic rings. The molecule has 1 unspecified atom stereocenters. The normalized spacial score (nSPS) is 18.6. The minimum atomic E-state index is 0.0855. The number of hydrogen-bond acceptors (Lipinski definition) is 4. The number of likely N-dealkylation sites (tertiary alicyclic amines) is 1. The Morgan fingerprint density at radius 2 is 2.17 bits per heavy atom. The van der Waals surface area contributed by atoms with Gasteiger partial charge in [0.15, 0.2) is 11.5 Å². The molecule has 2 aromatic rings. The smallest absolute Gasteiger partial charge is 0.192 e. The van der Waals surface area contributed by atoms with Crippen molar-refractivity contribution >= 4 is 11.1 Å². The first-order valence-corrected chi connectivity index (χ1v) is 6.50. The number of oxazole rings is 1. The van der Waals surface area contributed by atoms with Crippen molar-refractivity contribution in [2.75, 3.05) is 19.7 Å². The summed E-state index contributed by atoms with van der Waals surface area (Å²) in [5.41, 5.74) is 2.81. The van der Waals surface area contributed by atoms with Crippen LogP contribution in [0.15, 0.2) is 22.6 Å². The summed E-state index contributed by atoms with van der Waals surface area (Å²) >= 11 is 0. The van der Waals surface area contributed by atoms with Crippen LogP contribution in [0.5, 0.6) is 0 Å². The Kier molecular flexibility index (Phi) is 3.06. The van der Waals surface area contributed by atoms with Gasteiger partial charge in [-0.05, 0) is 43.6 Å². The van der Waals surface area contributed by atoms with Crippen LogP contribution < -0.4 is 0 Å². The lowest BCUT2D eigenvalue weighted by molar-refractivity contribution is 0.147. The van der Waals surface area contributed by atoms with Crippen molar-refractivity contribution in [3.63, 3.8) is 0 Å². The zero-order valence-electron chi connectivity index (χ0n) is 10.6. The highest BCUT2D eigenvalue weighted by Crippen LogP contribution is 2.27. The topological polar surface area (TPSA) is 49.5 Å². The summed E-state index contributed by atoms with van der Waals surface area (Å²) in [6.45, 7) is 4.14. The molecule has 1 atom stereocenters. The van der Waals surface area contributed by atoms with Gasteiger partial charge in [0.25, 0.3) is 0 Å². The van der Waals surface area contributed by atoms with Gasteiger partial charge in [-0.15, -0.1) is 0 Å². The fourth-order valence-electron chi connectivity index (χ4n) is 2.75. The summed E-state index contributed by atoms with van der Waals surface area (Å²) in [6.07, 6.45) is 2.44. The zero-order valence-corrected chi connectivity index (χ0v) is 10.6. The maximum absolute atomic E-state index is 9.63. The summed E-state index contributed by atoms with van der Waals surface area (Å²) in [5, 5.41) is 9.63. The molecule has 2 heterocycles. The molecule has 0 aliphatic carbocycles. The number of aryl methyl sites for hydroxylation is 1. The second-order valence-electron chi connectivity index (χ2n) is 4.90. The Labute approximate surface area is 106 Å². The molecule has 0 amide bonds. The van der Waals surface area contributed by atoms with Gasteiger partial charge in [0.2, 0.25) is 0 Å². The lowest BCUT2D eigenvalue weighted by atomic mass is 10.1. The predicted molar refractivity (Wildman–Crippen MR) is 69.4 cm³/mol. The SMILES string of the molecule is Cc1nc2ccc(C(CO)N3CCCC3)cc2o1. The van der Waals surface area contributed by atoms with Crippen LogP contribution >= 0.6 is 0 Å². The molecular weight excluding hydrogens is 228 g/mol. The highest BCUT2D eigenvalue weighted by atomic mass is 16.3. The van der Waals surface area contributed by atoms with Gasteiger partial charge in [0, 0.05) is 6.92 Å². The summed E-state index contributed by atoms with van der Waals surface area (Å²) in [7, 11) is 0. The van der Waals surface area contributed by atoms with E-state index >= 15 is 0 Å². The van der Waals surface area contributed by atoms with Crippen molar-refractivity contribution in [3.05, 3.63) is 29.7 Å². The van der Waals surface area contributed by atoms with Crippen LogP contribution in [-0.4, -0.2) is 34.7 Å². The minimum Gasteiger partial charge on any atom is -0.441 e. The lowest BCUT2D eigenvalue weighted by Crippen LogP contribution is -2.28. The van der Waals surface area contributed by atoms with Crippen LogP contribution in [0, 0.1) is 6.92 Å². The number of benzene rings is 1. The average molecular weight is 246 g/mol. The van der Waals surface area contributed by atoms with Gasteiger partial charge in [-0.3, -0.25) is 4.90 Å². The van der Waals surface area contributed by atoms with Crippen LogP contribution in [0.25, 0.3) is 11.1 Å². The van der Waals surface area contributed by atoms with Crippen molar-refractivity contribution in [2.45, 2.75) is 25.8 Å². The van der Waals surface area contributed by atoms with E-state index in [2.05, 4.69) is 9.88 Å². The zero-order chi connectivity index (χ0) is 12.5. The molecule has 1 aromatic heterocycles. The standard InChI is InChI=1S/C14H18N2O2/c1-10-15-12-5-4-11(8-14(12)18-10)13(9-17)16-6-2-3-7-16/h4-5,8,13,17H,2-3,6-7,9H2,1H3. The Bertz CT molecular complexity index is 544. The number of aliphatic hydroxyl groups excluding tert-OH is 1. The van der Waals surface area contributed by atoms with E-state index in [-0.39, 0.29) is 12.6 Å². The number of aliphatic hydroxyl groups is 1. The van der Waals surface area contributed by atoms with Gasteiger partial charge in [0.05, 0.1) is 12.6 Å². The Morgan fingerprint density at radius 1 is 1.39 bits per heavy atom. The molecule has 4 nitrogen and oxygen atoms in total. The molecule has 1 aliphatic heterocycles. The summed E-state index contributed by atoms with van der Waals surface area (Å²) in [4.78, 5) is 6.63. The Morgan fingerprint density at radius 3 is 2.89 bits per heavy atom. The second kappa shape index (κ2) is 4.71. The van der Waals surface area contributed by atoms with E-state index in [0.717, 1.165) is 29.8 Å². The third-order valence-electron chi connectivity index (χ3n) is 3.66. The monoisotopic (exact) mass is 246 g/mol. The molecule has 1 saturated heterocycles. The quantitative estimate of drug-likeness (QED) is 0.902. The highest BCUT2D eigenvalue weighted by molar-refractivity contribution is 5.73. The molecule has 96 valence electrons. The molecule has 0 radical (unpaired) electrons. The maximum Gasteiger partial charge on any atom is 0.192 e. The van der Waals surface area contributed by atoms with Crippen molar-refractivity contribution in [2.24, 2.45) is 0 Å². The fourth-order valence-corrected chi connectivity index (χ4v) is 2.75. The average Bonchev–Trinajstić information content (AvgIpc) is 2.97. The third kappa shape index (κ3) is 2.02. The highest BCUT2D eigenvalue weighted by Gasteiger charge is 2.23. The minimum absolute atomic E-state index is 0.0855. The van der Waals surface area contributed by atoms with Gasteiger partial charge in [-0.25, -0.2) is 4.98 Å². The summed E-state index contributed by atoms with van der Waals surface area (Å²) in [5.74, 6) is 0.684. The van der Waals surface area contributed by atoms with Crippen molar-refractivity contribution in [1.82, 2.24) is 9.88 Å². The molecule has 4 heteroatoms. The van der Waals surface area contributed by atoms with Crippen LogP contribution in [0.4, 0.5) is 0 Å². The van der Waals surface area contributed by atoms with E-state index in [1.54, 1.807) is 0 Å². The van der Waals surface area contributed by atoms with Crippen molar-refractivity contribution < 1.29 is 9.52 Å². The molecule has 0 bridgehead atoms. The molecule has 3 rings (SSSR count). The Balaban J connectivity index is 1.95. The van der Waals surface area contributed by atoms with Gasteiger partial charge in [-0.1, -0.05) is 6.07 Å². The molecule has 18 heavy (non-hydrogen) atoms. The molecular formula is C14H18N2O2. The first-order chi connectivity index (χ1) is 8.78. The number of nitrogens with zero attached hydrogens (tertiary/aromatic N) is 2. The fraction of sp³-hybridized carbons (Fsp3) is 0.500. The van der Waals surface area contributed by atoms with Gasteiger partial charge < -0.3 is 9.52 Å².